The summed E-state index contributed by atoms with van der Waals surface area (Å²) >= 11 is 0. The number of allylic oxidation sites excluding steroid dienone is 3. The van der Waals surface area contributed by atoms with Crippen LogP contribution in [0.5, 0.6) is 0 Å². The van der Waals surface area contributed by atoms with Crippen LogP contribution < -0.4 is 0 Å². The normalized spacial score (nSPS) is 40.6. The molecule has 4 atom stereocenters. The van der Waals surface area contributed by atoms with Crippen LogP contribution >= 0.6 is 0 Å². The summed E-state index contributed by atoms with van der Waals surface area (Å²) in [5.41, 5.74) is 3.01. The summed E-state index contributed by atoms with van der Waals surface area (Å²) in [5, 5.41) is 0. The predicted molar refractivity (Wildman–Crippen MR) is 66.7 cm³/mol. The zero-order valence-electron chi connectivity index (χ0n) is 10.4. The third-order valence-corrected chi connectivity index (χ3v) is 4.60. The van der Waals surface area contributed by atoms with E-state index in [1.165, 1.54) is 31.3 Å². The molecule has 0 aromatic heterocycles. The van der Waals surface area contributed by atoms with Gasteiger partial charge in [0.05, 0.1) is 0 Å². The summed E-state index contributed by atoms with van der Waals surface area (Å²) in [6, 6.07) is 0. The highest BCUT2D eigenvalue weighted by molar-refractivity contribution is 5.15. The van der Waals surface area contributed by atoms with Gasteiger partial charge in [-0.05, 0) is 63.2 Å². The Labute approximate surface area is 94.5 Å². The largest absolute Gasteiger partial charge is 0.0998 e. The second-order valence-corrected chi connectivity index (χ2v) is 5.80. The second-order valence-electron chi connectivity index (χ2n) is 5.80. The minimum atomic E-state index is 0.765. The number of fused-ring (bicyclic) bond motifs is 1. The lowest BCUT2D eigenvalue weighted by Gasteiger charge is -2.44. The van der Waals surface area contributed by atoms with E-state index < -0.39 is 0 Å². The molecule has 1 saturated carbocycles. The molecule has 2 rings (SSSR count). The van der Waals surface area contributed by atoms with E-state index in [-0.39, 0.29) is 0 Å². The Balaban J connectivity index is 2.24. The third kappa shape index (κ3) is 2.04. The zero-order valence-corrected chi connectivity index (χ0v) is 10.4. The van der Waals surface area contributed by atoms with Crippen LogP contribution in [0.3, 0.4) is 0 Å². The Kier molecular flexibility index (Phi) is 3.04. The van der Waals surface area contributed by atoms with E-state index in [0.717, 1.165) is 23.7 Å². The molecule has 0 heterocycles. The quantitative estimate of drug-likeness (QED) is 0.548. The van der Waals surface area contributed by atoms with Gasteiger partial charge in [-0.1, -0.05) is 30.7 Å². The fraction of sp³-hybridized carbons (Fsp3) is 0.733. The molecule has 2 aliphatic rings. The smallest absolute Gasteiger partial charge is 0.0134 e. The average Bonchev–Trinajstić information content (AvgIpc) is 2.17. The fourth-order valence-corrected chi connectivity index (χ4v) is 3.62. The van der Waals surface area contributed by atoms with Crippen LogP contribution in [0.4, 0.5) is 0 Å². The molecule has 0 aromatic rings. The van der Waals surface area contributed by atoms with Crippen molar-refractivity contribution >= 4 is 0 Å². The molecule has 0 aromatic carbocycles. The van der Waals surface area contributed by atoms with Gasteiger partial charge in [-0.25, -0.2) is 0 Å². The monoisotopic (exact) mass is 204 g/mol. The first-order valence-electron chi connectivity index (χ1n) is 6.42. The Morgan fingerprint density at radius 1 is 1.33 bits per heavy atom. The molecule has 0 saturated heterocycles. The van der Waals surface area contributed by atoms with E-state index in [0.29, 0.717) is 0 Å². The van der Waals surface area contributed by atoms with Crippen molar-refractivity contribution < 1.29 is 0 Å². The van der Waals surface area contributed by atoms with Crippen LogP contribution in [0.25, 0.3) is 0 Å². The molecular formula is C15H24. The van der Waals surface area contributed by atoms with Gasteiger partial charge in [0, 0.05) is 0 Å². The molecule has 1 fully saturated rings. The first kappa shape index (κ1) is 11.0. The molecule has 0 heteroatoms. The van der Waals surface area contributed by atoms with Crippen molar-refractivity contribution in [3.05, 3.63) is 23.8 Å². The van der Waals surface area contributed by atoms with E-state index in [4.69, 9.17) is 0 Å². The molecule has 2 aliphatic carbocycles. The molecular weight excluding hydrogens is 180 g/mol. The SMILES string of the molecule is C=C(C)C1CCC(C)C2CCC(C)=CC12. The average molecular weight is 204 g/mol. The molecule has 4 unspecified atom stereocenters. The van der Waals surface area contributed by atoms with Crippen molar-refractivity contribution in [3.8, 4) is 0 Å². The van der Waals surface area contributed by atoms with E-state index in [1.54, 1.807) is 5.57 Å². The minimum absolute atomic E-state index is 0.765. The molecule has 0 aliphatic heterocycles. The van der Waals surface area contributed by atoms with Crippen LogP contribution in [0.1, 0.15) is 46.5 Å². The molecule has 0 radical (unpaired) electrons. The van der Waals surface area contributed by atoms with Gasteiger partial charge in [0.2, 0.25) is 0 Å². The zero-order chi connectivity index (χ0) is 11.0. The van der Waals surface area contributed by atoms with Crippen LogP contribution in [-0.2, 0) is 0 Å². The number of hydrogen-bond acceptors (Lipinski definition) is 0. The van der Waals surface area contributed by atoms with Crippen LogP contribution in [0, 0.1) is 23.7 Å². The second kappa shape index (κ2) is 4.15. The predicted octanol–water partition coefficient (Wildman–Crippen LogP) is 4.58. The van der Waals surface area contributed by atoms with Crippen LogP contribution in [0.15, 0.2) is 23.8 Å². The van der Waals surface area contributed by atoms with E-state index in [1.807, 2.05) is 0 Å². The van der Waals surface area contributed by atoms with Crippen molar-refractivity contribution in [3.63, 3.8) is 0 Å². The summed E-state index contributed by atoms with van der Waals surface area (Å²) < 4.78 is 0. The molecule has 0 bridgehead atoms. The Morgan fingerprint density at radius 3 is 2.73 bits per heavy atom. The number of rotatable bonds is 1. The lowest BCUT2D eigenvalue weighted by Crippen LogP contribution is -2.34. The molecule has 84 valence electrons. The van der Waals surface area contributed by atoms with Gasteiger partial charge in [-0.3, -0.25) is 0 Å². The van der Waals surface area contributed by atoms with E-state index in [9.17, 15) is 0 Å². The third-order valence-electron chi connectivity index (χ3n) is 4.60. The molecule has 0 amide bonds. The molecule has 0 N–H and O–H groups in total. The Bertz CT molecular complexity index is 284. The summed E-state index contributed by atoms with van der Waals surface area (Å²) in [6.07, 6.45) is 8.07. The lowest BCUT2D eigenvalue weighted by atomic mass is 9.61. The highest BCUT2D eigenvalue weighted by Gasteiger charge is 2.37. The minimum Gasteiger partial charge on any atom is -0.0998 e. The Morgan fingerprint density at radius 2 is 2.07 bits per heavy atom. The van der Waals surface area contributed by atoms with Gasteiger partial charge < -0.3 is 0 Å². The Hall–Kier alpha value is -0.520. The van der Waals surface area contributed by atoms with Gasteiger partial charge in [0.15, 0.2) is 0 Å². The lowest BCUT2D eigenvalue weighted by molar-refractivity contribution is 0.135. The molecule has 15 heavy (non-hydrogen) atoms. The van der Waals surface area contributed by atoms with Gasteiger partial charge in [0.1, 0.15) is 0 Å². The van der Waals surface area contributed by atoms with Crippen LogP contribution in [0.2, 0.25) is 0 Å². The summed E-state index contributed by atoms with van der Waals surface area (Å²) in [6.45, 7) is 11.2. The highest BCUT2D eigenvalue weighted by Crippen LogP contribution is 2.47. The maximum Gasteiger partial charge on any atom is -0.0134 e. The van der Waals surface area contributed by atoms with Gasteiger partial charge in [-0.15, -0.1) is 0 Å². The maximum absolute atomic E-state index is 4.19. The van der Waals surface area contributed by atoms with Crippen molar-refractivity contribution in [2.45, 2.75) is 46.5 Å². The first-order chi connectivity index (χ1) is 7.09. The van der Waals surface area contributed by atoms with Crippen molar-refractivity contribution in [1.29, 1.82) is 0 Å². The fourth-order valence-electron chi connectivity index (χ4n) is 3.62. The van der Waals surface area contributed by atoms with Crippen LogP contribution in [-0.4, -0.2) is 0 Å². The first-order valence-corrected chi connectivity index (χ1v) is 6.42. The highest BCUT2D eigenvalue weighted by atomic mass is 14.4. The van der Waals surface area contributed by atoms with Gasteiger partial charge in [0.25, 0.3) is 0 Å². The van der Waals surface area contributed by atoms with Crippen molar-refractivity contribution in [2.75, 3.05) is 0 Å². The van der Waals surface area contributed by atoms with Crippen molar-refractivity contribution in [1.82, 2.24) is 0 Å². The maximum atomic E-state index is 4.19. The standard InChI is InChI=1S/C15H24/c1-10(2)13-8-6-12(4)14-7-5-11(3)9-15(13)14/h9,12-15H,1,5-8H2,2-4H3. The van der Waals surface area contributed by atoms with Crippen molar-refractivity contribution in [2.24, 2.45) is 23.7 Å². The summed E-state index contributed by atoms with van der Waals surface area (Å²) in [7, 11) is 0. The number of hydrogen-bond donors (Lipinski definition) is 0. The summed E-state index contributed by atoms with van der Waals surface area (Å²) in [5.74, 6) is 3.43. The molecule has 0 spiro atoms. The molecule has 0 nitrogen and oxygen atoms in total. The topological polar surface area (TPSA) is 0 Å². The van der Waals surface area contributed by atoms with Gasteiger partial charge in [-0.2, -0.15) is 0 Å². The van der Waals surface area contributed by atoms with E-state index in [2.05, 4.69) is 33.4 Å². The van der Waals surface area contributed by atoms with Gasteiger partial charge >= 0.3 is 0 Å². The van der Waals surface area contributed by atoms with E-state index >= 15 is 0 Å². The summed E-state index contributed by atoms with van der Waals surface area (Å²) in [4.78, 5) is 0.